The van der Waals surface area contributed by atoms with Gasteiger partial charge in [-0.1, -0.05) is 34.1 Å². The second-order valence-electron chi connectivity index (χ2n) is 9.04. The molecule has 0 radical (unpaired) electrons. The third-order valence-corrected chi connectivity index (χ3v) is 8.40. The van der Waals surface area contributed by atoms with E-state index in [9.17, 15) is 4.79 Å². The van der Waals surface area contributed by atoms with Gasteiger partial charge in [0, 0.05) is 55.4 Å². The van der Waals surface area contributed by atoms with Crippen molar-refractivity contribution in [1.29, 1.82) is 0 Å². The summed E-state index contributed by atoms with van der Waals surface area (Å²) in [5.41, 5.74) is 9.33. The number of aromatic nitrogens is 3. The van der Waals surface area contributed by atoms with Gasteiger partial charge in [0.2, 0.25) is 0 Å². The molecule has 5 rings (SSSR count). The van der Waals surface area contributed by atoms with Crippen LogP contribution in [0.4, 0.5) is 0 Å². The molecule has 4 aromatic rings. The van der Waals surface area contributed by atoms with E-state index in [1.54, 1.807) is 12.5 Å². The molecule has 194 valence electrons. The van der Waals surface area contributed by atoms with Crippen LogP contribution >= 0.6 is 27.3 Å². The van der Waals surface area contributed by atoms with Gasteiger partial charge in [0.15, 0.2) is 0 Å². The molecule has 4 heterocycles. The van der Waals surface area contributed by atoms with Gasteiger partial charge in [-0.2, -0.15) is 0 Å². The molecule has 1 aliphatic rings. The first kappa shape index (κ1) is 25.8. The Kier molecular flexibility index (Phi) is 7.87. The molecular weight excluding hydrogens is 556 g/mol. The second-order valence-corrected chi connectivity index (χ2v) is 10.9. The Morgan fingerprint density at radius 2 is 1.95 bits per heavy atom. The highest BCUT2D eigenvalue weighted by Crippen LogP contribution is 2.37. The highest BCUT2D eigenvalue weighted by Gasteiger charge is 2.22. The zero-order valence-electron chi connectivity index (χ0n) is 20.5. The molecule has 0 bridgehead atoms. The van der Waals surface area contributed by atoms with Crippen molar-refractivity contribution in [2.75, 3.05) is 39.3 Å². The Hall–Kier alpha value is -2.83. The van der Waals surface area contributed by atoms with Crippen LogP contribution in [0.25, 0.3) is 16.0 Å². The van der Waals surface area contributed by atoms with Crippen LogP contribution in [0.3, 0.4) is 0 Å². The molecule has 1 saturated heterocycles. The SMILES string of the molecule is C[C@@H](Oc1cc(-n2cnc3cnc(CN4CCN(CCO)CC4)cc32)sc1C(N)=O)c1ccccc1Br. The number of carbonyl (C=O) groups is 1. The number of nitrogens with two attached hydrogens (primary N) is 1. The van der Waals surface area contributed by atoms with E-state index in [-0.39, 0.29) is 12.7 Å². The lowest BCUT2D eigenvalue weighted by atomic mass is 10.1. The van der Waals surface area contributed by atoms with E-state index in [1.807, 2.05) is 41.8 Å². The summed E-state index contributed by atoms with van der Waals surface area (Å²) in [5, 5.41) is 9.96. The monoisotopic (exact) mass is 584 g/mol. The van der Waals surface area contributed by atoms with Gasteiger partial charge in [-0.15, -0.1) is 11.3 Å². The van der Waals surface area contributed by atoms with Gasteiger partial charge in [-0.05, 0) is 19.1 Å². The number of hydrogen-bond acceptors (Lipinski definition) is 8. The van der Waals surface area contributed by atoms with Gasteiger partial charge in [0.05, 0.1) is 24.0 Å². The number of primary amides is 1. The quantitative estimate of drug-likeness (QED) is 0.309. The predicted octanol–water partition coefficient (Wildman–Crippen LogP) is 3.59. The van der Waals surface area contributed by atoms with Crippen LogP contribution in [0, 0.1) is 0 Å². The number of halogens is 1. The zero-order valence-corrected chi connectivity index (χ0v) is 22.9. The van der Waals surface area contributed by atoms with Crippen LogP contribution in [0.2, 0.25) is 0 Å². The van der Waals surface area contributed by atoms with Crippen molar-refractivity contribution >= 4 is 44.2 Å². The van der Waals surface area contributed by atoms with E-state index in [2.05, 4.69) is 41.8 Å². The number of hydrogen-bond donors (Lipinski definition) is 2. The summed E-state index contributed by atoms with van der Waals surface area (Å²) in [6.07, 6.45) is 3.24. The Bertz CT molecular complexity index is 1400. The Labute approximate surface area is 227 Å². The van der Waals surface area contributed by atoms with Gasteiger partial charge < -0.3 is 15.6 Å². The number of amides is 1. The average molecular weight is 586 g/mol. The number of carbonyl (C=O) groups excluding carboxylic acids is 1. The number of fused-ring (bicyclic) bond motifs is 1. The predicted molar refractivity (Wildman–Crippen MR) is 147 cm³/mol. The smallest absolute Gasteiger partial charge is 0.262 e. The Morgan fingerprint density at radius 1 is 1.19 bits per heavy atom. The molecule has 0 unspecified atom stereocenters. The zero-order chi connectivity index (χ0) is 25.9. The van der Waals surface area contributed by atoms with Crippen LogP contribution < -0.4 is 10.5 Å². The molecule has 0 spiro atoms. The van der Waals surface area contributed by atoms with Crippen LogP contribution in [0.15, 0.2) is 53.4 Å². The second kappa shape index (κ2) is 11.3. The first-order valence-corrected chi connectivity index (χ1v) is 13.8. The highest BCUT2D eigenvalue weighted by atomic mass is 79.9. The van der Waals surface area contributed by atoms with Crippen molar-refractivity contribution in [2.45, 2.75) is 19.6 Å². The minimum atomic E-state index is -0.530. The maximum atomic E-state index is 12.3. The summed E-state index contributed by atoms with van der Waals surface area (Å²) < 4.78 is 9.11. The molecule has 1 aliphatic heterocycles. The molecule has 1 aromatic carbocycles. The lowest BCUT2D eigenvalue weighted by molar-refractivity contribution is 0.0998. The molecule has 37 heavy (non-hydrogen) atoms. The Morgan fingerprint density at radius 3 is 2.68 bits per heavy atom. The molecular formula is C26H29BrN6O3S. The third kappa shape index (κ3) is 5.70. The van der Waals surface area contributed by atoms with Crippen molar-refractivity contribution in [1.82, 2.24) is 24.3 Å². The van der Waals surface area contributed by atoms with E-state index >= 15 is 0 Å². The fourth-order valence-electron chi connectivity index (χ4n) is 4.56. The summed E-state index contributed by atoms with van der Waals surface area (Å²) in [6, 6.07) is 11.7. The van der Waals surface area contributed by atoms with Crippen LogP contribution in [-0.2, 0) is 6.54 Å². The molecule has 0 aliphatic carbocycles. The van der Waals surface area contributed by atoms with Gasteiger partial charge >= 0.3 is 0 Å². The number of β-amino-alcohol motifs (C(OH)–C–C–N with tert-alkyl or cyclic N) is 1. The summed E-state index contributed by atoms with van der Waals surface area (Å²) >= 11 is 4.85. The first-order valence-electron chi connectivity index (χ1n) is 12.2. The third-order valence-electron chi connectivity index (χ3n) is 6.55. The minimum Gasteiger partial charge on any atom is -0.484 e. The van der Waals surface area contributed by atoms with Crippen LogP contribution in [-0.4, -0.2) is 74.7 Å². The number of nitrogens with zero attached hydrogens (tertiary/aromatic N) is 5. The van der Waals surface area contributed by atoms with Gasteiger partial charge in [-0.3, -0.25) is 24.1 Å². The summed E-state index contributed by atoms with van der Waals surface area (Å²) in [5.74, 6) is -0.0784. The summed E-state index contributed by atoms with van der Waals surface area (Å²) in [6.45, 7) is 7.33. The molecule has 3 N–H and O–H groups in total. The number of ether oxygens (including phenoxy) is 1. The molecule has 1 atom stereocenters. The number of benzene rings is 1. The lowest BCUT2D eigenvalue weighted by Gasteiger charge is -2.34. The molecule has 1 amide bonds. The number of aliphatic hydroxyl groups excluding tert-OH is 1. The maximum Gasteiger partial charge on any atom is 0.262 e. The van der Waals surface area contributed by atoms with E-state index in [0.717, 1.165) is 71.0 Å². The molecule has 9 nitrogen and oxygen atoms in total. The lowest BCUT2D eigenvalue weighted by Crippen LogP contribution is -2.46. The summed E-state index contributed by atoms with van der Waals surface area (Å²) in [7, 11) is 0. The molecule has 0 saturated carbocycles. The van der Waals surface area contributed by atoms with E-state index in [4.69, 9.17) is 15.6 Å². The van der Waals surface area contributed by atoms with Crippen molar-refractivity contribution in [3.8, 4) is 10.8 Å². The Balaban J connectivity index is 1.39. The average Bonchev–Trinajstić information content (AvgIpc) is 3.49. The van der Waals surface area contributed by atoms with Gasteiger partial charge in [0.1, 0.15) is 33.6 Å². The van der Waals surface area contributed by atoms with Crippen molar-refractivity contribution < 1.29 is 14.6 Å². The number of imidazole rings is 1. The topological polar surface area (TPSA) is 110 Å². The normalized spacial score (nSPS) is 15.8. The number of rotatable bonds is 9. The molecule has 3 aromatic heterocycles. The number of thiophene rings is 1. The number of aliphatic hydroxyl groups is 1. The fourth-order valence-corrected chi connectivity index (χ4v) is 6.09. The van der Waals surface area contributed by atoms with Crippen molar-refractivity contribution in [2.24, 2.45) is 5.73 Å². The fraction of sp³-hybridized carbons (Fsp3) is 0.346. The molecule has 1 fully saturated rings. The largest absolute Gasteiger partial charge is 0.484 e. The number of pyridine rings is 1. The first-order chi connectivity index (χ1) is 17.9. The highest BCUT2D eigenvalue weighted by molar-refractivity contribution is 9.10. The molecule has 11 heteroatoms. The maximum absolute atomic E-state index is 12.3. The van der Waals surface area contributed by atoms with E-state index in [0.29, 0.717) is 10.6 Å². The van der Waals surface area contributed by atoms with Gasteiger partial charge in [-0.25, -0.2) is 4.98 Å². The van der Waals surface area contributed by atoms with Crippen molar-refractivity contribution in [3.63, 3.8) is 0 Å². The summed E-state index contributed by atoms with van der Waals surface area (Å²) in [4.78, 5) is 26.4. The van der Waals surface area contributed by atoms with Crippen molar-refractivity contribution in [3.05, 3.63) is 69.5 Å². The van der Waals surface area contributed by atoms with Crippen LogP contribution in [0.5, 0.6) is 5.75 Å². The van der Waals surface area contributed by atoms with E-state index < -0.39 is 5.91 Å². The number of piperazine rings is 1. The van der Waals surface area contributed by atoms with Crippen LogP contribution in [0.1, 0.15) is 34.0 Å². The standard InChI is InChI=1S/C26H29BrN6O3S/c1-17(19-4-2-3-5-20(19)27)36-23-13-24(37-25(23)26(28)35)33-16-30-21-14-29-18(12-22(21)33)15-32-8-6-31(7-9-32)10-11-34/h2-5,12-14,16-17,34H,6-11,15H2,1H3,(H2,28,35)/t17-/m1/s1. The van der Waals surface area contributed by atoms with E-state index in [1.165, 1.54) is 11.3 Å². The van der Waals surface area contributed by atoms with Gasteiger partial charge in [0.25, 0.3) is 5.91 Å². The minimum absolute atomic E-state index is 0.192.